The molecule has 0 amide bonds. The van der Waals surface area contributed by atoms with E-state index in [1.165, 1.54) is 0 Å². The summed E-state index contributed by atoms with van der Waals surface area (Å²) in [6.07, 6.45) is -4.75. The van der Waals surface area contributed by atoms with Gasteiger partial charge in [-0.15, -0.1) is 0 Å². The summed E-state index contributed by atoms with van der Waals surface area (Å²) < 4.78 is 53.9. The maximum atomic E-state index is 12.3. The zero-order valence-electron chi connectivity index (χ0n) is 15.7. The van der Waals surface area contributed by atoms with E-state index in [2.05, 4.69) is 5.73 Å². The molecule has 1 rings (SSSR count). The SMILES string of the molecule is CC(C)CO[C@H]1CCC[C@H]([NH3+])C(=O)O[C@@H](C)[C@@H]1OCCCC(F)(F)F.[Cl-]. The molecule has 9 heteroatoms. The third-order valence-corrected chi connectivity index (χ3v) is 4.06. The summed E-state index contributed by atoms with van der Waals surface area (Å²) in [6.45, 7) is 6.19. The van der Waals surface area contributed by atoms with Gasteiger partial charge in [-0.25, -0.2) is 4.79 Å². The van der Waals surface area contributed by atoms with Crippen LogP contribution in [0, 0.1) is 5.92 Å². The molecule has 0 aromatic rings. The minimum atomic E-state index is -4.20. The highest BCUT2D eigenvalue weighted by Crippen LogP contribution is 2.24. The van der Waals surface area contributed by atoms with Crippen molar-refractivity contribution in [1.82, 2.24) is 0 Å². The van der Waals surface area contributed by atoms with Crippen LogP contribution in [0.2, 0.25) is 0 Å². The van der Waals surface area contributed by atoms with Crippen molar-refractivity contribution in [1.29, 1.82) is 0 Å². The molecule has 5 nitrogen and oxygen atoms in total. The normalized spacial score (nSPS) is 27.9. The molecule has 3 N–H and O–H groups in total. The van der Waals surface area contributed by atoms with E-state index in [0.717, 1.165) is 6.42 Å². The van der Waals surface area contributed by atoms with Crippen LogP contribution in [-0.2, 0) is 19.0 Å². The molecule has 4 atom stereocenters. The highest BCUT2D eigenvalue weighted by atomic mass is 35.5. The van der Waals surface area contributed by atoms with Crippen LogP contribution >= 0.6 is 0 Å². The molecule has 0 aromatic heterocycles. The molecular formula is C17H31ClF3NO4. The van der Waals surface area contributed by atoms with Gasteiger partial charge in [0, 0.05) is 26.1 Å². The van der Waals surface area contributed by atoms with Gasteiger partial charge in [0.05, 0.1) is 6.10 Å². The van der Waals surface area contributed by atoms with Crippen molar-refractivity contribution in [2.45, 2.75) is 83.4 Å². The zero-order chi connectivity index (χ0) is 19.0. The molecule has 1 fully saturated rings. The van der Waals surface area contributed by atoms with Crippen LogP contribution in [0.4, 0.5) is 13.2 Å². The number of quaternary nitrogens is 1. The fourth-order valence-electron chi connectivity index (χ4n) is 2.73. The van der Waals surface area contributed by atoms with Gasteiger partial charge in [0.2, 0.25) is 0 Å². The van der Waals surface area contributed by atoms with E-state index < -0.39 is 36.8 Å². The van der Waals surface area contributed by atoms with E-state index in [1.54, 1.807) is 6.92 Å². The van der Waals surface area contributed by atoms with E-state index in [0.29, 0.717) is 25.4 Å². The molecule has 0 bridgehead atoms. The maximum Gasteiger partial charge on any atom is 0.389 e. The highest BCUT2D eigenvalue weighted by molar-refractivity contribution is 5.74. The molecule has 1 aliphatic heterocycles. The molecule has 0 saturated carbocycles. The third kappa shape index (κ3) is 9.94. The Morgan fingerprint density at radius 2 is 1.92 bits per heavy atom. The van der Waals surface area contributed by atoms with Gasteiger partial charge >= 0.3 is 12.1 Å². The molecule has 156 valence electrons. The molecule has 1 saturated heterocycles. The first-order chi connectivity index (χ1) is 11.6. The number of carbonyl (C=O) groups excluding carboxylic acids is 1. The minimum Gasteiger partial charge on any atom is -1.00 e. The summed E-state index contributed by atoms with van der Waals surface area (Å²) in [7, 11) is 0. The monoisotopic (exact) mass is 405 g/mol. The number of rotatable bonds is 7. The third-order valence-electron chi connectivity index (χ3n) is 4.06. The predicted molar refractivity (Wildman–Crippen MR) is 85.7 cm³/mol. The minimum absolute atomic E-state index is 0. The van der Waals surface area contributed by atoms with Crippen molar-refractivity contribution in [3.63, 3.8) is 0 Å². The van der Waals surface area contributed by atoms with Crippen LogP contribution in [0.25, 0.3) is 0 Å². The molecule has 26 heavy (non-hydrogen) atoms. The number of ether oxygens (including phenoxy) is 3. The Morgan fingerprint density at radius 3 is 2.50 bits per heavy atom. The van der Waals surface area contributed by atoms with Crippen molar-refractivity contribution in [3.05, 3.63) is 0 Å². The van der Waals surface area contributed by atoms with Crippen LogP contribution in [-0.4, -0.2) is 49.7 Å². The maximum absolute atomic E-state index is 12.3. The molecule has 0 aromatic carbocycles. The van der Waals surface area contributed by atoms with Gasteiger partial charge in [-0.3, -0.25) is 0 Å². The molecule has 0 unspecified atom stereocenters. The molecule has 1 heterocycles. The van der Waals surface area contributed by atoms with Gasteiger partial charge in [0.25, 0.3) is 0 Å². The van der Waals surface area contributed by atoms with Crippen LogP contribution in [0.15, 0.2) is 0 Å². The summed E-state index contributed by atoms with van der Waals surface area (Å²) in [4.78, 5) is 12.0. The van der Waals surface area contributed by atoms with E-state index in [1.807, 2.05) is 13.8 Å². The highest BCUT2D eigenvalue weighted by Gasteiger charge is 2.35. The fourth-order valence-corrected chi connectivity index (χ4v) is 2.73. The Bertz CT molecular complexity index is 410. The lowest BCUT2D eigenvalue weighted by Gasteiger charge is -2.31. The quantitative estimate of drug-likeness (QED) is 0.457. The lowest BCUT2D eigenvalue weighted by molar-refractivity contribution is -0.410. The topological polar surface area (TPSA) is 72.4 Å². The largest absolute Gasteiger partial charge is 1.00 e. The standard InChI is InChI=1S/C17H30F3NO4.ClH/c1-11(2)10-24-14-7-4-6-13(21)16(22)25-12(3)15(14)23-9-5-8-17(18,19)20;/h11-15H,4-10,21H2,1-3H3;1H/t12-,13-,14-,15-;/m0./s1. The lowest BCUT2D eigenvalue weighted by atomic mass is 10.0. The average Bonchev–Trinajstić information content (AvgIpc) is 2.53. The van der Waals surface area contributed by atoms with Crippen molar-refractivity contribution in [2.75, 3.05) is 13.2 Å². The molecular weight excluding hydrogens is 375 g/mol. The summed E-state index contributed by atoms with van der Waals surface area (Å²) >= 11 is 0. The second-order valence-corrected chi connectivity index (χ2v) is 7.09. The van der Waals surface area contributed by atoms with Gasteiger partial charge in [-0.05, 0) is 32.1 Å². The average molecular weight is 406 g/mol. The van der Waals surface area contributed by atoms with Crippen LogP contribution in [0.3, 0.4) is 0 Å². The zero-order valence-corrected chi connectivity index (χ0v) is 16.4. The Hall–Kier alpha value is -0.570. The van der Waals surface area contributed by atoms with Gasteiger partial charge in [-0.2, -0.15) is 13.2 Å². The fraction of sp³-hybridized carbons (Fsp3) is 0.941. The van der Waals surface area contributed by atoms with E-state index in [4.69, 9.17) is 14.2 Å². The first kappa shape index (κ1) is 25.4. The van der Waals surface area contributed by atoms with Crippen LogP contribution in [0.1, 0.15) is 52.9 Å². The van der Waals surface area contributed by atoms with Crippen LogP contribution in [0.5, 0.6) is 0 Å². The molecule has 1 aliphatic rings. The van der Waals surface area contributed by atoms with Crippen molar-refractivity contribution >= 4 is 5.97 Å². The van der Waals surface area contributed by atoms with Gasteiger partial charge in [0.15, 0.2) is 6.04 Å². The smallest absolute Gasteiger partial charge is 0.389 e. The molecule has 0 radical (unpaired) electrons. The Morgan fingerprint density at radius 1 is 1.27 bits per heavy atom. The second-order valence-electron chi connectivity index (χ2n) is 7.09. The number of alkyl halides is 3. The lowest BCUT2D eigenvalue weighted by Crippen LogP contribution is -3.00. The molecule has 0 spiro atoms. The van der Waals surface area contributed by atoms with Crippen molar-refractivity contribution in [2.24, 2.45) is 5.92 Å². The Labute approximate surface area is 159 Å². The first-order valence-electron chi connectivity index (χ1n) is 8.93. The van der Waals surface area contributed by atoms with E-state index in [-0.39, 0.29) is 31.5 Å². The second kappa shape index (κ2) is 12.0. The number of carbonyl (C=O) groups is 1. The summed E-state index contributed by atoms with van der Waals surface area (Å²) in [5.74, 6) is -0.0853. The van der Waals surface area contributed by atoms with Gasteiger partial charge < -0.3 is 32.4 Å². The predicted octanol–water partition coefficient (Wildman–Crippen LogP) is -0.515. The summed E-state index contributed by atoms with van der Waals surface area (Å²) in [5, 5.41) is 0. The number of hydrogen-bond donors (Lipinski definition) is 1. The van der Waals surface area contributed by atoms with E-state index >= 15 is 0 Å². The number of cyclic esters (lactones) is 1. The van der Waals surface area contributed by atoms with Crippen molar-refractivity contribution in [3.8, 4) is 0 Å². The van der Waals surface area contributed by atoms with Gasteiger partial charge in [-0.1, -0.05) is 13.8 Å². The van der Waals surface area contributed by atoms with E-state index in [9.17, 15) is 18.0 Å². The first-order valence-corrected chi connectivity index (χ1v) is 8.93. The number of halogens is 4. The molecule has 0 aliphatic carbocycles. The number of esters is 1. The number of hydrogen-bond acceptors (Lipinski definition) is 4. The Kier molecular flexibility index (Phi) is 11.7. The van der Waals surface area contributed by atoms with Gasteiger partial charge in [0.1, 0.15) is 12.2 Å². The van der Waals surface area contributed by atoms with Crippen molar-refractivity contribution < 1.29 is 50.3 Å². The summed E-state index contributed by atoms with van der Waals surface area (Å²) in [6, 6.07) is -0.447. The summed E-state index contributed by atoms with van der Waals surface area (Å²) in [5.41, 5.74) is 3.80. The van der Waals surface area contributed by atoms with Crippen LogP contribution < -0.4 is 18.1 Å². The Balaban J connectivity index is 0.00000625.